The maximum absolute atomic E-state index is 13.5. The molecule has 0 spiro atoms. The first-order valence-corrected chi connectivity index (χ1v) is 11.2. The molecule has 0 saturated carbocycles. The van der Waals surface area contributed by atoms with Crippen molar-refractivity contribution in [3.8, 4) is 11.5 Å². The molecule has 5 N–H and O–H groups in total. The molecule has 0 aliphatic carbocycles. The SMILES string of the molecule is COc1ccc(NC(=O)C(c2ccccc2O)N(CCO)C(=O)C(CO)NC(=O)OC(C)(C)C)cc1. The van der Waals surface area contributed by atoms with Crippen LogP contribution in [0.1, 0.15) is 32.4 Å². The summed E-state index contributed by atoms with van der Waals surface area (Å²) in [4.78, 5) is 40.1. The van der Waals surface area contributed by atoms with Crippen LogP contribution in [0.2, 0.25) is 0 Å². The summed E-state index contributed by atoms with van der Waals surface area (Å²) < 4.78 is 10.3. The van der Waals surface area contributed by atoms with E-state index in [0.717, 1.165) is 4.90 Å². The number of hydrogen-bond acceptors (Lipinski definition) is 8. The number of benzene rings is 2. The number of aromatic hydroxyl groups is 1. The van der Waals surface area contributed by atoms with Gasteiger partial charge in [0, 0.05) is 17.8 Å². The van der Waals surface area contributed by atoms with Crippen LogP contribution in [0, 0.1) is 0 Å². The van der Waals surface area contributed by atoms with Crippen molar-refractivity contribution < 1.29 is 39.2 Å². The fourth-order valence-corrected chi connectivity index (χ4v) is 3.36. The van der Waals surface area contributed by atoms with E-state index in [-0.39, 0.29) is 17.9 Å². The molecule has 2 unspecified atom stereocenters. The monoisotopic (exact) mass is 503 g/mol. The summed E-state index contributed by atoms with van der Waals surface area (Å²) >= 11 is 0. The Kier molecular flexibility index (Phi) is 10.1. The van der Waals surface area contributed by atoms with Gasteiger partial charge in [-0.1, -0.05) is 18.2 Å². The van der Waals surface area contributed by atoms with Gasteiger partial charge in [-0.05, 0) is 51.1 Å². The lowest BCUT2D eigenvalue weighted by Crippen LogP contribution is -2.54. The fraction of sp³-hybridized carbons (Fsp3) is 0.400. The number of phenols is 1. The minimum absolute atomic E-state index is 0.0827. The van der Waals surface area contributed by atoms with Crippen molar-refractivity contribution >= 4 is 23.6 Å². The molecule has 0 aromatic heterocycles. The first kappa shape index (κ1) is 28.4. The van der Waals surface area contributed by atoms with Crippen LogP contribution in [-0.4, -0.2) is 76.6 Å². The summed E-state index contributed by atoms with van der Waals surface area (Å²) in [5.74, 6) is -1.25. The molecule has 11 heteroatoms. The third-order valence-corrected chi connectivity index (χ3v) is 4.94. The number of para-hydroxylation sites is 1. The standard InChI is InChI=1S/C25H33N3O8/c1-25(2,3)36-24(34)27-19(15-30)23(33)28(13-14-29)21(18-7-5-6-8-20(18)31)22(32)26-16-9-11-17(35-4)12-10-16/h5-12,19,21,29-31H,13-15H2,1-4H3,(H,26,32)(H,27,34). The van der Waals surface area contributed by atoms with Gasteiger partial charge in [-0.15, -0.1) is 0 Å². The van der Waals surface area contributed by atoms with Crippen molar-refractivity contribution in [2.75, 3.05) is 32.2 Å². The molecule has 0 bridgehead atoms. The Hall–Kier alpha value is -3.83. The third-order valence-electron chi connectivity index (χ3n) is 4.94. The molecule has 0 heterocycles. The minimum Gasteiger partial charge on any atom is -0.508 e. The van der Waals surface area contributed by atoms with Gasteiger partial charge < -0.3 is 40.3 Å². The Balaban J connectivity index is 2.43. The van der Waals surface area contributed by atoms with E-state index in [9.17, 15) is 29.7 Å². The van der Waals surface area contributed by atoms with Crippen LogP contribution in [0.15, 0.2) is 48.5 Å². The first-order valence-electron chi connectivity index (χ1n) is 11.2. The largest absolute Gasteiger partial charge is 0.508 e. The number of alkyl carbamates (subject to hydrolysis) is 1. The number of rotatable bonds is 10. The van der Waals surface area contributed by atoms with Crippen molar-refractivity contribution in [1.82, 2.24) is 10.2 Å². The number of ether oxygens (including phenoxy) is 2. The number of anilines is 1. The van der Waals surface area contributed by atoms with Gasteiger partial charge in [-0.2, -0.15) is 0 Å². The number of nitrogens with zero attached hydrogens (tertiary/aromatic N) is 1. The van der Waals surface area contributed by atoms with Gasteiger partial charge >= 0.3 is 6.09 Å². The molecule has 0 aliphatic heterocycles. The van der Waals surface area contributed by atoms with Crippen molar-refractivity contribution in [3.05, 3.63) is 54.1 Å². The normalized spacial score (nSPS) is 12.7. The zero-order valence-electron chi connectivity index (χ0n) is 20.7. The van der Waals surface area contributed by atoms with E-state index >= 15 is 0 Å². The topological polar surface area (TPSA) is 158 Å². The molecule has 0 saturated heterocycles. The number of methoxy groups -OCH3 is 1. The van der Waals surface area contributed by atoms with Crippen LogP contribution >= 0.6 is 0 Å². The number of carbonyl (C=O) groups excluding carboxylic acids is 3. The molecule has 3 amide bonds. The van der Waals surface area contributed by atoms with Gasteiger partial charge in [0.05, 0.1) is 20.3 Å². The minimum atomic E-state index is -1.48. The number of aliphatic hydroxyl groups is 2. The molecule has 2 aromatic carbocycles. The van der Waals surface area contributed by atoms with E-state index in [0.29, 0.717) is 11.4 Å². The molecule has 11 nitrogen and oxygen atoms in total. The van der Waals surface area contributed by atoms with E-state index < -0.39 is 48.8 Å². The van der Waals surface area contributed by atoms with Crippen molar-refractivity contribution in [2.24, 2.45) is 0 Å². The van der Waals surface area contributed by atoms with Gasteiger partial charge in [0.15, 0.2) is 0 Å². The van der Waals surface area contributed by atoms with Gasteiger partial charge in [0.1, 0.15) is 29.2 Å². The average molecular weight is 504 g/mol. The van der Waals surface area contributed by atoms with Gasteiger partial charge in [0.25, 0.3) is 5.91 Å². The number of hydrogen-bond donors (Lipinski definition) is 5. The Bertz CT molecular complexity index is 1040. The zero-order chi connectivity index (χ0) is 26.9. The molecular weight excluding hydrogens is 470 g/mol. The van der Waals surface area contributed by atoms with Gasteiger partial charge in [-0.25, -0.2) is 4.79 Å². The number of nitrogens with one attached hydrogen (secondary N) is 2. The molecule has 2 aromatic rings. The highest BCUT2D eigenvalue weighted by molar-refractivity contribution is 5.99. The zero-order valence-corrected chi connectivity index (χ0v) is 20.7. The lowest BCUT2D eigenvalue weighted by atomic mass is 10.0. The smallest absolute Gasteiger partial charge is 0.408 e. The predicted molar refractivity (Wildman–Crippen MR) is 132 cm³/mol. The highest BCUT2D eigenvalue weighted by atomic mass is 16.6. The molecule has 196 valence electrons. The second-order valence-corrected chi connectivity index (χ2v) is 8.82. The summed E-state index contributed by atoms with van der Waals surface area (Å²) in [6.07, 6.45) is -0.944. The van der Waals surface area contributed by atoms with Crippen LogP contribution in [-0.2, 0) is 14.3 Å². The molecule has 0 fully saturated rings. The Morgan fingerprint density at radius 1 is 1.03 bits per heavy atom. The second kappa shape index (κ2) is 12.8. The quantitative estimate of drug-likeness (QED) is 0.328. The van der Waals surface area contributed by atoms with E-state index in [1.807, 2.05) is 0 Å². The molecule has 0 aliphatic rings. The number of aliphatic hydroxyl groups excluding tert-OH is 2. The highest BCUT2D eigenvalue weighted by Crippen LogP contribution is 2.30. The summed E-state index contributed by atoms with van der Waals surface area (Å²) in [5, 5.41) is 35.0. The van der Waals surface area contributed by atoms with Crippen molar-refractivity contribution in [2.45, 2.75) is 38.5 Å². The molecule has 2 rings (SSSR count). The second-order valence-electron chi connectivity index (χ2n) is 8.82. The van der Waals surface area contributed by atoms with Crippen molar-refractivity contribution in [3.63, 3.8) is 0 Å². The highest BCUT2D eigenvalue weighted by Gasteiger charge is 2.37. The Morgan fingerprint density at radius 3 is 2.19 bits per heavy atom. The van der Waals surface area contributed by atoms with Gasteiger partial charge in [0.2, 0.25) is 5.91 Å². The third kappa shape index (κ3) is 7.85. The van der Waals surface area contributed by atoms with E-state index in [1.54, 1.807) is 57.2 Å². The van der Waals surface area contributed by atoms with Crippen LogP contribution in [0.5, 0.6) is 11.5 Å². The molecule has 2 atom stereocenters. The van der Waals surface area contributed by atoms with Crippen LogP contribution in [0.3, 0.4) is 0 Å². The summed E-state index contributed by atoms with van der Waals surface area (Å²) in [6, 6.07) is 9.50. The van der Waals surface area contributed by atoms with Crippen molar-refractivity contribution in [1.29, 1.82) is 0 Å². The van der Waals surface area contributed by atoms with Crippen LogP contribution in [0.25, 0.3) is 0 Å². The van der Waals surface area contributed by atoms with Gasteiger partial charge in [-0.3, -0.25) is 9.59 Å². The van der Waals surface area contributed by atoms with E-state index in [1.165, 1.54) is 19.2 Å². The number of phenolic OH excluding ortho intramolecular Hbond substituents is 1. The van der Waals surface area contributed by atoms with Crippen LogP contribution < -0.4 is 15.4 Å². The number of amides is 3. The lowest BCUT2D eigenvalue weighted by molar-refractivity contribution is -0.142. The molecular formula is C25H33N3O8. The lowest BCUT2D eigenvalue weighted by Gasteiger charge is -2.33. The van der Waals surface area contributed by atoms with E-state index in [2.05, 4.69) is 10.6 Å². The maximum Gasteiger partial charge on any atom is 0.408 e. The molecule has 36 heavy (non-hydrogen) atoms. The summed E-state index contributed by atoms with van der Waals surface area (Å²) in [7, 11) is 1.50. The summed E-state index contributed by atoms with van der Waals surface area (Å²) in [5.41, 5.74) is -0.378. The average Bonchev–Trinajstić information content (AvgIpc) is 2.82. The Morgan fingerprint density at radius 2 is 1.67 bits per heavy atom. The van der Waals surface area contributed by atoms with Crippen LogP contribution in [0.4, 0.5) is 10.5 Å². The predicted octanol–water partition coefficient (Wildman–Crippen LogP) is 1.79. The number of carbonyl (C=O) groups is 3. The Labute approximate surface area is 209 Å². The maximum atomic E-state index is 13.5. The summed E-state index contributed by atoms with van der Waals surface area (Å²) in [6.45, 7) is 3.25. The fourth-order valence-electron chi connectivity index (χ4n) is 3.36. The first-order chi connectivity index (χ1) is 17.0. The molecule has 0 radical (unpaired) electrons. The van der Waals surface area contributed by atoms with E-state index in [4.69, 9.17) is 9.47 Å².